The van der Waals surface area contributed by atoms with E-state index in [1.165, 1.54) is 31.4 Å². The minimum atomic E-state index is -1.21. The Morgan fingerprint density at radius 3 is 2.32 bits per heavy atom. The van der Waals surface area contributed by atoms with Crippen LogP contribution in [0.4, 0.5) is 5.69 Å². The Kier molecular flexibility index (Phi) is 4.40. The van der Waals surface area contributed by atoms with Gasteiger partial charge in [-0.1, -0.05) is 0 Å². The molecular weight excluding hydrogens is 292 g/mol. The molecule has 0 spiro atoms. The fourth-order valence-corrected chi connectivity index (χ4v) is 2.35. The Labute approximate surface area is 125 Å². The minimum Gasteiger partial charge on any atom is -0.497 e. The molecule has 0 saturated heterocycles. The number of anilines is 1. The summed E-state index contributed by atoms with van der Waals surface area (Å²) in [5, 5.41) is 19.8. The summed E-state index contributed by atoms with van der Waals surface area (Å²) in [6, 6.07) is 5.71. The maximum Gasteiger partial charge on any atom is 0.332 e. The van der Waals surface area contributed by atoms with Gasteiger partial charge >= 0.3 is 11.9 Å². The number of rotatable bonds is 5. The van der Waals surface area contributed by atoms with Gasteiger partial charge in [-0.15, -0.1) is 0 Å². The molecular formula is C14H14N2O6. The average molecular weight is 306 g/mol. The lowest BCUT2D eigenvalue weighted by Gasteiger charge is -2.14. The van der Waals surface area contributed by atoms with Crippen LogP contribution < -0.4 is 9.75 Å². The van der Waals surface area contributed by atoms with E-state index in [9.17, 15) is 19.7 Å². The van der Waals surface area contributed by atoms with E-state index >= 15 is 0 Å². The molecule has 0 radical (unpaired) electrons. The third-order valence-corrected chi connectivity index (χ3v) is 3.41. The number of carboxylic acids is 1. The number of amides is 1. The molecule has 1 aromatic rings. The zero-order chi connectivity index (χ0) is 16.3. The first-order valence-corrected chi connectivity index (χ1v) is 6.54. The molecule has 22 heavy (non-hydrogen) atoms. The number of aliphatic carboxylic acids is 1. The van der Waals surface area contributed by atoms with Crippen molar-refractivity contribution in [1.29, 1.82) is 0 Å². The number of nitro groups is 1. The number of ether oxygens (including phenoxy) is 1. The lowest BCUT2D eigenvalue weighted by molar-refractivity contribution is -0.483. The molecule has 1 aromatic carbocycles. The summed E-state index contributed by atoms with van der Waals surface area (Å²) >= 11 is 0. The fraction of sp³-hybridized carbons (Fsp3) is 0.286. The number of carbonyl (C=O) groups is 2. The van der Waals surface area contributed by atoms with Crippen molar-refractivity contribution in [3.8, 4) is 5.75 Å². The van der Waals surface area contributed by atoms with Crippen molar-refractivity contribution >= 4 is 17.6 Å². The average Bonchev–Trinajstić information content (AvgIpc) is 2.97. The molecule has 0 saturated carbocycles. The lowest BCUT2D eigenvalue weighted by atomic mass is 10.1. The number of carboxylic acid groups (broad SMARTS) is 1. The van der Waals surface area contributed by atoms with Crippen LogP contribution in [0.5, 0.6) is 5.75 Å². The highest BCUT2D eigenvalue weighted by atomic mass is 16.7. The Morgan fingerprint density at radius 1 is 1.23 bits per heavy atom. The number of methoxy groups -OCH3 is 1. The van der Waals surface area contributed by atoms with Gasteiger partial charge in [0, 0.05) is 11.1 Å². The SMILES string of the molecule is COc1ccc(N(C(=O)C2=C(C(=O)O)CCC2)[N+](=O)[O-])cc1. The number of nitrogens with zero attached hydrogens (tertiary/aromatic N) is 2. The Morgan fingerprint density at radius 2 is 1.82 bits per heavy atom. The summed E-state index contributed by atoms with van der Waals surface area (Å²) in [7, 11) is 1.45. The molecule has 2 rings (SSSR count). The second-order valence-electron chi connectivity index (χ2n) is 4.67. The summed E-state index contributed by atoms with van der Waals surface area (Å²) < 4.78 is 4.96. The molecule has 0 aliphatic heterocycles. The summed E-state index contributed by atoms with van der Waals surface area (Å²) in [4.78, 5) is 34.7. The van der Waals surface area contributed by atoms with Crippen molar-refractivity contribution < 1.29 is 24.5 Å². The largest absolute Gasteiger partial charge is 0.497 e. The van der Waals surface area contributed by atoms with Crippen molar-refractivity contribution in [2.75, 3.05) is 12.1 Å². The second-order valence-corrected chi connectivity index (χ2v) is 4.67. The zero-order valence-electron chi connectivity index (χ0n) is 11.8. The summed E-state index contributed by atoms with van der Waals surface area (Å²) in [5.74, 6) is -1.63. The number of hydrogen-bond acceptors (Lipinski definition) is 5. The predicted molar refractivity (Wildman–Crippen MR) is 76.0 cm³/mol. The highest BCUT2D eigenvalue weighted by molar-refractivity contribution is 6.09. The molecule has 1 aliphatic rings. The van der Waals surface area contributed by atoms with Crippen molar-refractivity contribution in [2.45, 2.75) is 19.3 Å². The van der Waals surface area contributed by atoms with Gasteiger partial charge in [0.05, 0.1) is 7.11 Å². The number of hydrazine groups is 1. The quantitative estimate of drug-likeness (QED) is 0.656. The van der Waals surface area contributed by atoms with Crippen LogP contribution in [0.15, 0.2) is 35.4 Å². The first-order valence-electron chi connectivity index (χ1n) is 6.54. The first-order chi connectivity index (χ1) is 10.5. The highest BCUT2D eigenvalue weighted by Crippen LogP contribution is 2.30. The third kappa shape index (κ3) is 2.90. The summed E-state index contributed by atoms with van der Waals surface area (Å²) in [6.07, 6.45) is 0.961. The van der Waals surface area contributed by atoms with E-state index in [0.29, 0.717) is 17.2 Å². The van der Waals surface area contributed by atoms with Gasteiger partial charge in [0.15, 0.2) is 5.03 Å². The molecule has 0 aromatic heterocycles. The fourth-order valence-electron chi connectivity index (χ4n) is 2.35. The van der Waals surface area contributed by atoms with Gasteiger partial charge in [-0.2, -0.15) is 0 Å². The Bertz CT molecular complexity index is 650. The van der Waals surface area contributed by atoms with Crippen molar-refractivity contribution in [1.82, 2.24) is 0 Å². The van der Waals surface area contributed by atoms with Gasteiger partial charge in [-0.3, -0.25) is 4.79 Å². The molecule has 0 atom stereocenters. The van der Waals surface area contributed by atoms with E-state index in [1.54, 1.807) is 0 Å². The van der Waals surface area contributed by atoms with Crippen LogP contribution in [0.1, 0.15) is 19.3 Å². The minimum absolute atomic E-state index is 0.0139. The van der Waals surface area contributed by atoms with Gasteiger partial charge in [0.25, 0.3) is 0 Å². The normalized spacial score (nSPS) is 13.9. The van der Waals surface area contributed by atoms with E-state index in [0.717, 1.165) is 0 Å². The van der Waals surface area contributed by atoms with E-state index < -0.39 is 16.9 Å². The van der Waals surface area contributed by atoms with Crippen LogP contribution in [-0.2, 0) is 9.59 Å². The molecule has 0 heterocycles. The van der Waals surface area contributed by atoms with E-state index in [2.05, 4.69) is 0 Å². The summed E-state index contributed by atoms with van der Waals surface area (Å²) in [5.41, 5.74) is -0.0229. The van der Waals surface area contributed by atoms with Crippen LogP contribution in [-0.4, -0.2) is 29.1 Å². The zero-order valence-corrected chi connectivity index (χ0v) is 11.8. The number of hydrogen-bond donors (Lipinski definition) is 1. The summed E-state index contributed by atoms with van der Waals surface area (Å²) in [6.45, 7) is 0. The standard InChI is InChI=1S/C14H14N2O6/c1-22-10-7-5-9(6-8-10)15(16(20)21)13(17)11-3-2-4-12(11)14(18)19/h5-8H,2-4H2,1H3,(H,18,19). The van der Waals surface area contributed by atoms with Crippen LogP contribution in [0.2, 0.25) is 0 Å². The highest BCUT2D eigenvalue weighted by Gasteiger charge is 2.35. The molecule has 8 heteroatoms. The van der Waals surface area contributed by atoms with Gasteiger partial charge in [-0.25, -0.2) is 14.9 Å². The first kappa shape index (κ1) is 15.5. The van der Waals surface area contributed by atoms with Crippen LogP contribution in [0.25, 0.3) is 0 Å². The third-order valence-electron chi connectivity index (χ3n) is 3.41. The Hall–Kier alpha value is -2.90. The molecule has 1 amide bonds. The molecule has 1 N–H and O–H groups in total. The molecule has 116 valence electrons. The van der Waals surface area contributed by atoms with E-state index in [1.807, 2.05) is 0 Å². The lowest BCUT2D eigenvalue weighted by Crippen LogP contribution is -2.37. The van der Waals surface area contributed by atoms with Crippen LogP contribution >= 0.6 is 0 Å². The molecule has 0 bridgehead atoms. The molecule has 1 aliphatic carbocycles. The maximum atomic E-state index is 12.4. The van der Waals surface area contributed by atoms with E-state index in [4.69, 9.17) is 9.84 Å². The Balaban J connectivity index is 2.39. The van der Waals surface area contributed by atoms with Gasteiger partial charge in [-0.05, 0) is 48.5 Å². The number of benzene rings is 1. The molecule has 0 unspecified atom stereocenters. The predicted octanol–water partition coefficient (Wildman–Crippen LogP) is 1.78. The van der Waals surface area contributed by atoms with Gasteiger partial charge < -0.3 is 9.84 Å². The van der Waals surface area contributed by atoms with Gasteiger partial charge in [0.2, 0.25) is 0 Å². The second kappa shape index (κ2) is 6.25. The number of carbonyl (C=O) groups excluding carboxylic acids is 1. The van der Waals surface area contributed by atoms with Crippen molar-refractivity contribution in [3.05, 3.63) is 45.5 Å². The maximum absolute atomic E-state index is 12.4. The van der Waals surface area contributed by atoms with Crippen molar-refractivity contribution in [2.24, 2.45) is 0 Å². The molecule has 0 fully saturated rings. The molecule has 8 nitrogen and oxygen atoms in total. The van der Waals surface area contributed by atoms with Crippen LogP contribution in [0, 0.1) is 10.1 Å². The van der Waals surface area contributed by atoms with E-state index in [-0.39, 0.29) is 29.7 Å². The topological polar surface area (TPSA) is 110 Å². The van der Waals surface area contributed by atoms with Gasteiger partial charge in [0.1, 0.15) is 11.4 Å². The monoisotopic (exact) mass is 306 g/mol. The smallest absolute Gasteiger partial charge is 0.332 e. The van der Waals surface area contributed by atoms with Crippen LogP contribution in [0.3, 0.4) is 0 Å². The van der Waals surface area contributed by atoms with Crippen molar-refractivity contribution in [3.63, 3.8) is 0 Å².